The second kappa shape index (κ2) is 10.9. The van der Waals surface area contributed by atoms with Crippen molar-refractivity contribution < 1.29 is 24.8 Å². The first kappa shape index (κ1) is 22.7. The smallest absolute Gasteiger partial charge is 0.160 e. The van der Waals surface area contributed by atoms with Crippen molar-refractivity contribution >= 4 is 5.71 Å². The Labute approximate surface area is 183 Å². The Bertz CT molecular complexity index is 913. The van der Waals surface area contributed by atoms with Crippen LogP contribution < -0.4 is 15.2 Å². The largest absolute Gasteiger partial charge is 0.508 e. The lowest BCUT2D eigenvalue weighted by atomic mass is 9.94. The molecule has 0 aliphatic carbocycles. The van der Waals surface area contributed by atoms with E-state index >= 15 is 0 Å². The van der Waals surface area contributed by atoms with E-state index in [-0.39, 0.29) is 17.2 Å². The number of ether oxygens (including phenoxy) is 2. The van der Waals surface area contributed by atoms with Crippen molar-refractivity contribution in [1.82, 2.24) is 0 Å². The molecule has 0 aromatic heterocycles. The molecule has 7 heteroatoms. The quantitative estimate of drug-likeness (QED) is 0.416. The van der Waals surface area contributed by atoms with Gasteiger partial charge in [0.15, 0.2) is 11.5 Å². The Kier molecular flexibility index (Phi) is 8.00. The number of phenolic OH excluding ortho intramolecular Hbond substituents is 3. The number of nitrogens with two attached hydrogens (primary N) is 1. The summed E-state index contributed by atoms with van der Waals surface area (Å²) in [5.41, 5.74) is 7.55. The number of benzene rings is 2. The maximum atomic E-state index is 10.4. The van der Waals surface area contributed by atoms with Crippen molar-refractivity contribution in [3.63, 3.8) is 0 Å². The molecule has 31 heavy (non-hydrogen) atoms. The molecule has 0 bridgehead atoms. The Morgan fingerprint density at radius 3 is 2.45 bits per heavy atom. The van der Waals surface area contributed by atoms with Crippen molar-refractivity contribution in [2.24, 2.45) is 10.7 Å². The molecule has 0 saturated heterocycles. The normalized spacial score (nSPS) is 16.7. The Morgan fingerprint density at radius 2 is 1.74 bits per heavy atom. The van der Waals surface area contributed by atoms with Crippen molar-refractivity contribution in [2.75, 3.05) is 20.2 Å². The molecule has 1 aliphatic heterocycles. The van der Waals surface area contributed by atoms with E-state index in [0.717, 1.165) is 43.5 Å². The molecule has 1 heterocycles. The Morgan fingerprint density at radius 1 is 1.00 bits per heavy atom. The molecule has 0 amide bonds. The van der Waals surface area contributed by atoms with Gasteiger partial charge in [0.1, 0.15) is 23.4 Å². The van der Waals surface area contributed by atoms with Gasteiger partial charge in [-0.1, -0.05) is 31.7 Å². The number of fused-ring (bicyclic) bond motifs is 1. The molecule has 0 radical (unpaired) electrons. The third kappa shape index (κ3) is 5.82. The van der Waals surface area contributed by atoms with Crippen LogP contribution >= 0.6 is 0 Å². The van der Waals surface area contributed by atoms with Crippen molar-refractivity contribution in [3.05, 3.63) is 41.5 Å². The molecule has 1 aliphatic rings. The van der Waals surface area contributed by atoms with Gasteiger partial charge in [-0.2, -0.15) is 0 Å². The maximum Gasteiger partial charge on any atom is 0.160 e. The molecule has 2 aromatic carbocycles. The molecule has 2 aromatic rings. The molecule has 1 atom stereocenters. The predicted octanol–water partition coefficient (Wildman–Crippen LogP) is 4.42. The summed E-state index contributed by atoms with van der Waals surface area (Å²) in [4.78, 5) is 4.77. The minimum absolute atomic E-state index is 0.0290. The van der Waals surface area contributed by atoms with Crippen molar-refractivity contribution in [3.8, 4) is 28.7 Å². The van der Waals surface area contributed by atoms with E-state index in [1.165, 1.54) is 32.1 Å². The van der Waals surface area contributed by atoms with E-state index in [0.29, 0.717) is 30.0 Å². The molecule has 3 rings (SSSR count). The van der Waals surface area contributed by atoms with Crippen LogP contribution in [0.5, 0.6) is 28.7 Å². The van der Waals surface area contributed by atoms with E-state index in [1.54, 1.807) is 12.1 Å². The number of aromatic hydroxyl groups is 3. The summed E-state index contributed by atoms with van der Waals surface area (Å²) in [7, 11) is 1.50. The third-order valence-electron chi connectivity index (χ3n) is 5.49. The molecule has 0 spiro atoms. The minimum atomic E-state index is -0.402. The summed E-state index contributed by atoms with van der Waals surface area (Å²) in [6, 6.07) is 7.91. The molecular formula is C24H32N2O5. The highest BCUT2D eigenvalue weighted by Crippen LogP contribution is 2.43. The second-order valence-electron chi connectivity index (χ2n) is 7.82. The van der Waals surface area contributed by atoms with Crippen LogP contribution in [0.25, 0.3) is 0 Å². The maximum absolute atomic E-state index is 10.4. The summed E-state index contributed by atoms with van der Waals surface area (Å²) in [6.07, 6.45) is 6.72. The van der Waals surface area contributed by atoms with Crippen LogP contribution in [0.1, 0.15) is 62.2 Å². The van der Waals surface area contributed by atoms with Crippen LogP contribution in [0, 0.1) is 0 Å². The van der Waals surface area contributed by atoms with Crippen LogP contribution in [0.15, 0.2) is 35.3 Å². The average Bonchev–Trinajstić information content (AvgIpc) is 2.74. The first-order valence-corrected chi connectivity index (χ1v) is 10.9. The highest BCUT2D eigenvalue weighted by atomic mass is 16.5. The fourth-order valence-electron chi connectivity index (χ4n) is 3.86. The molecule has 7 nitrogen and oxygen atoms in total. The molecule has 5 N–H and O–H groups in total. The average molecular weight is 429 g/mol. The van der Waals surface area contributed by atoms with E-state index < -0.39 is 6.10 Å². The summed E-state index contributed by atoms with van der Waals surface area (Å²) in [6.45, 7) is 1.41. The Hall–Kier alpha value is -2.93. The molecule has 0 fully saturated rings. The number of aliphatic imine (C=N–C) groups is 1. The van der Waals surface area contributed by atoms with Gasteiger partial charge in [0.2, 0.25) is 0 Å². The molecule has 168 valence electrons. The lowest BCUT2D eigenvalue weighted by Crippen LogP contribution is -2.21. The van der Waals surface area contributed by atoms with E-state index in [2.05, 4.69) is 0 Å². The number of hydrogen-bond acceptors (Lipinski definition) is 7. The molecule has 0 saturated carbocycles. The van der Waals surface area contributed by atoms with Crippen molar-refractivity contribution in [2.45, 2.75) is 51.0 Å². The van der Waals surface area contributed by atoms with Gasteiger partial charge in [-0.05, 0) is 37.1 Å². The zero-order valence-electron chi connectivity index (χ0n) is 18.0. The van der Waals surface area contributed by atoms with Crippen LogP contribution in [-0.2, 0) is 0 Å². The van der Waals surface area contributed by atoms with Gasteiger partial charge >= 0.3 is 0 Å². The molecule has 1 unspecified atom stereocenters. The van der Waals surface area contributed by atoms with Crippen LogP contribution in [0.2, 0.25) is 0 Å². The lowest BCUT2D eigenvalue weighted by molar-refractivity contribution is 0.203. The summed E-state index contributed by atoms with van der Waals surface area (Å²) in [5, 5.41) is 30.5. The highest BCUT2D eigenvalue weighted by Gasteiger charge is 2.29. The Balaban J connectivity index is 1.75. The van der Waals surface area contributed by atoms with Gasteiger partial charge < -0.3 is 30.5 Å². The topological polar surface area (TPSA) is 118 Å². The first-order chi connectivity index (χ1) is 15.0. The SMILES string of the molecule is COc1ccc(C2CC(=NCCCCCCCCN)c3c(O)cc(O)cc3O2)cc1O. The monoisotopic (exact) mass is 428 g/mol. The second-order valence-corrected chi connectivity index (χ2v) is 7.82. The number of methoxy groups -OCH3 is 1. The van der Waals surface area contributed by atoms with E-state index in [1.807, 2.05) is 6.07 Å². The minimum Gasteiger partial charge on any atom is -0.508 e. The van der Waals surface area contributed by atoms with E-state index in [9.17, 15) is 15.3 Å². The standard InChI is InChI=1S/C24H32N2O5/c1-30-21-9-8-16(12-19(21)28)22-15-18(26-11-7-5-3-2-4-6-10-25)24-20(29)13-17(27)14-23(24)31-22/h8-9,12-14,22,27-29H,2-7,10-11,15,25H2,1H3. The van der Waals surface area contributed by atoms with Gasteiger partial charge in [-0.3, -0.25) is 4.99 Å². The number of phenols is 3. The first-order valence-electron chi connectivity index (χ1n) is 10.9. The van der Waals surface area contributed by atoms with Gasteiger partial charge in [-0.25, -0.2) is 0 Å². The number of rotatable bonds is 10. The summed E-state index contributed by atoms with van der Waals surface area (Å²) in [5.74, 6) is 0.666. The highest BCUT2D eigenvalue weighted by molar-refractivity contribution is 6.06. The van der Waals surface area contributed by atoms with Gasteiger partial charge in [0.05, 0.1) is 18.4 Å². The predicted molar refractivity (Wildman–Crippen MR) is 121 cm³/mol. The summed E-state index contributed by atoms with van der Waals surface area (Å²) >= 11 is 0. The fraction of sp³-hybridized carbons (Fsp3) is 0.458. The van der Waals surface area contributed by atoms with Gasteiger partial charge in [0, 0.05) is 25.1 Å². The fourth-order valence-corrected chi connectivity index (χ4v) is 3.86. The van der Waals surface area contributed by atoms with Crippen LogP contribution in [-0.4, -0.2) is 41.2 Å². The number of hydrogen-bond donors (Lipinski definition) is 4. The van der Waals surface area contributed by atoms with Gasteiger partial charge in [0.25, 0.3) is 0 Å². The van der Waals surface area contributed by atoms with Crippen LogP contribution in [0.4, 0.5) is 0 Å². The third-order valence-corrected chi connectivity index (χ3v) is 5.49. The number of nitrogens with zero attached hydrogens (tertiary/aromatic N) is 1. The van der Waals surface area contributed by atoms with Crippen LogP contribution in [0.3, 0.4) is 0 Å². The lowest BCUT2D eigenvalue weighted by Gasteiger charge is -2.28. The zero-order chi connectivity index (χ0) is 22.2. The molecular weight excluding hydrogens is 396 g/mol. The van der Waals surface area contributed by atoms with Crippen molar-refractivity contribution in [1.29, 1.82) is 0 Å². The zero-order valence-corrected chi connectivity index (χ0v) is 18.0. The van der Waals surface area contributed by atoms with Gasteiger partial charge in [-0.15, -0.1) is 0 Å². The summed E-state index contributed by atoms with van der Waals surface area (Å²) < 4.78 is 11.2. The number of unbranched alkanes of at least 4 members (excludes halogenated alkanes) is 5. The van der Waals surface area contributed by atoms with E-state index in [4.69, 9.17) is 20.2 Å².